The van der Waals surface area contributed by atoms with E-state index in [0.29, 0.717) is 11.2 Å². The zero-order valence-electron chi connectivity index (χ0n) is 24.0. The molecule has 0 spiro atoms. The van der Waals surface area contributed by atoms with E-state index in [0.717, 1.165) is 54.8 Å². The van der Waals surface area contributed by atoms with Gasteiger partial charge in [-0.3, -0.25) is 0 Å². The second-order valence-corrected chi connectivity index (χ2v) is 13.9. The molecule has 4 aliphatic carbocycles. The van der Waals surface area contributed by atoms with Gasteiger partial charge in [0.2, 0.25) is 0 Å². The van der Waals surface area contributed by atoms with Gasteiger partial charge in [0, 0.05) is 6.42 Å². The summed E-state index contributed by atoms with van der Waals surface area (Å²) in [5.41, 5.74) is 2.36. The molecule has 0 aromatic heterocycles. The third kappa shape index (κ3) is 5.26. The Morgan fingerprint density at radius 1 is 0.973 bits per heavy atom. The molecule has 3 heteroatoms. The fraction of sp³-hybridized carbons (Fsp3) is 0.735. The minimum Gasteiger partial charge on any atom is -0.430 e. The van der Waals surface area contributed by atoms with Crippen LogP contribution in [0, 0.1) is 46.3 Å². The van der Waals surface area contributed by atoms with E-state index < -0.39 is 6.16 Å². The number of fused-ring (bicyclic) bond motifs is 5. The SMILES string of the molecule is CC(C)CCC[C@@H](C)[C@H]1CCC2C3CC=C4CC(OC(=O)Oc5ccccc5)CC[C@]4(C)C3CC[C@@]21C. The summed E-state index contributed by atoms with van der Waals surface area (Å²) in [6, 6.07) is 9.23. The maximum absolute atomic E-state index is 12.4. The number of hydrogen-bond donors (Lipinski definition) is 0. The maximum atomic E-state index is 12.4. The highest BCUT2D eigenvalue weighted by molar-refractivity contribution is 5.64. The van der Waals surface area contributed by atoms with Gasteiger partial charge >= 0.3 is 6.16 Å². The summed E-state index contributed by atoms with van der Waals surface area (Å²) in [4.78, 5) is 12.4. The van der Waals surface area contributed by atoms with Crippen LogP contribution in [0.4, 0.5) is 4.79 Å². The van der Waals surface area contributed by atoms with Crippen molar-refractivity contribution in [3.63, 3.8) is 0 Å². The van der Waals surface area contributed by atoms with Crippen LogP contribution in [-0.4, -0.2) is 12.3 Å². The number of carbonyl (C=O) groups is 1. The van der Waals surface area contributed by atoms with Crippen molar-refractivity contribution >= 4 is 6.16 Å². The Hall–Kier alpha value is -1.77. The van der Waals surface area contributed by atoms with Crippen LogP contribution < -0.4 is 4.74 Å². The van der Waals surface area contributed by atoms with Gasteiger partial charge in [-0.2, -0.15) is 0 Å². The van der Waals surface area contributed by atoms with Crippen molar-refractivity contribution in [3.8, 4) is 5.75 Å². The fourth-order valence-corrected chi connectivity index (χ4v) is 9.50. The number of para-hydroxylation sites is 1. The van der Waals surface area contributed by atoms with Crippen LogP contribution in [0.3, 0.4) is 0 Å². The first-order valence-electron chi connectivity index (χ1n) is 15.3. The van der Waals surface area contributed by atoms with E-state index in [1.54, 1.807) is 17.7 Å². The fourth-order valence-electron chi connectivity index (χ4n) is 9.50. The highest BCUT2D eigenvalue weighted by Gasteiger charge is 2.59. The van der Waals surface area contributed by atoms with E-state index in [1.807, 2.05) is 18.2 Å². The molecule has 204 valence electrons. The minimum atomic E-state index is -0.568. The van der Waals surface area contributed by atoms with E-state index >= 15 is 0 Å². The molecule has 1 aromatic rings. The first-order valence-corrected chi connectivity index (χ1v) is 15.3. The predicted molar refractivity (Wildman–Crippen MR) is 150 cm³/mol. The molecule has 8 atom stereocenters. The second kappa shape index (κ2) is 10.8. The van der Waals surface area contributed by atoms with Crippen molar-refractivity contribution in [2.24, 2.45) is 46.3 Å². The Bertz CT molecular complexity index is 967. The van der Waals surface area contributed by atoms with Gasteiger partial charge in [0.15, 0.2) is 0 Å². The summed E-state index contributed by atoms with van der Waals surface area (Å²) in [5.74, 6) is 5.64. The van der Waals surface area contributed by atoms with Crippen molar-refractivity contribution in [1.82, 2.24) is 0 Å². The van der Waals surface area contributed by atoms with Gasteiger partial charge in [-0.15, -0.1) is 0 Å². The molecule has 0 N–H and O–H groups in total. The van der Waals surface area contributed by atoms with Gasteiger partial charge < -0.3 is 9.47 Å². The van der Waals surface area contributed by atoms with Gasteiger partial charge in [-0.1, -0.05) is 83.7 Å². The zero-order valence-corrected chi connectivity index (χ0v) is 24.0. The molecule has 0 radical (unpaired) electrons. The lowest BCUT2D eigenvalue weighted by molar-refractivity contribution is -0.0597. The molecule has 0 bridgehead atoms. The van der Waals surface area contributed by atoms with Gasteiger partial charge in [0.05, 0.1) is 0 Å². The first-order chi connectivity index (χ1) is 17.7. The first kappa shape index (κ1) is 26.8. The Balaban J connectivity index is 1.22. The highest BCUT2D eigenvalue weighted by atomic mass is 16.7. The number of allylic oxidation sites excluding steroid dienone is 1. The minimum absolute atomic E-state index is 0.0662. The summed E-state index contributed by atoms with van der Waals surface area (Å²) in [6.07, 6.45) is 16.0. The van der Waals surface area contributed by atoms with E-state index in [2.05, 4.69) is 40.7 Å². The largest absolute Gasteiger partial charge is 0.514 e. The van der Waals surface area contributed by atoms with Gasteiger partial charge in [0.1, 0.15) is 11.9 Å². The van der Waals surface area contributed by atoms with E-state index in [1.165, 1.54) is 51.4 Å². The van der Waals surface area contributed by atoms with Crippen LogP contribution in [0.15, 0.2) is 42.0 Å². The Labute approximate surface area is 225 Å². The van der Waals surface area contributed by atoms with Crippen molar-refractivity contribution in [2.45, 2.75) is 111 Å². The number of hydrogen-bond acceptors (Lipinski definition) is 3. The third-order valence-electron chi connectivity index (χ3n) is 11.5. The summed E-state index contributed by atoms with van der Waals surface area (Å²) >= 11 is 0. The number of benzene rings is 1. The lowest BCUT2D eigenvalue weighted by Gasteiger charge is -2.58. The molecular weight excluding hydrogens is 456 g/mol. The number of rotatable bonds is 7. The molecule has 1 aromatic carbocycles. The van der Waals surface area contributed by atoms with E-state index in [-0.39, 0.29) is 11.5 Å². The molecule has 3 nitrogen and oxygen atoms in total. The molecule has 4 aliphatic rings. The summed E-state index contributed by atoms with van der Waals surface area (Å²) in [7, 11) is 0. The lowest BCUT2D eigenvalue weighted by Crippen LogP contribution is -2.51. The van der Waals surface area contributed by atoms with Gasteiger partial charge in [0.25, 0.3) is 0 Å². The molecule has 0 heterocycles. The topological polar surface area (TPSA) is 35.5 Å². The molecule has 3 fully saturated rings. The van der Waals surface area contributed by atoms with Crippen LogP contribution in [-0.2, 0) is 4.74 Å². The zero-order chi connectivity index (χ0) is 26.2. The van der Waals surface area contributed by atoms with E-state index in [4.69, 9.17) is 9.47 Å². The van der Waals surface area contributed by atoms with Crippen molar-refractivity contribution in [1.29, 1.82) is 0 Å². The molecule has 3 saturated carbocycles. The average Bonchev–Trinajstić information content (AvgIpc) is 3.22. The van der Waals surface area contributed by atoms with Crippen LogP contribution in [0.25, 0.3) is 0 Å². The average molecular weight is 507 g/mol. The third-order valence-corrected chi connectivity index (χ3v) is 11.5. The maximum Gasteiger partial charge on any atom is 0.514 e. The van der Waals surface area contributed by atoms with Crippen molar-refractivity contribution in [2.75, 3.05) is 0 Å². The second-order valence-electron chi connectivity index (χ2n) is 13.9. The molecular formula is C34H50O3. The van der Waals surface area contributed by atoms with Crippen LogP contribution in [0.1, 0.15) is 105 Å². The van der Waals surface area contributed by atoms with Crippen LogP contribution in [0.5, 0.6) is 5.75 Å². The van der Waals surface area contributed by atoms with Gasteiger partial charge in [-0.05, 0) is 103 Å². The summed E-state index contributed by atoms with van der Waals surface area (Å²) in [6.45, 7) is 12.5. The highest BCUT2D eigenvalue weighted by Crippen LogP contribution is 2.67. The smallest absolute Gasteiger partial charge is 0.430 e. The lowest BCUT2D eigenvalue weighted by atomic mass is 9.47. The van der Waals surface area contributed by atoms with E-state index in [9.17, 15) is 4.79 Å². The van der Waals surface area contributed by atoms with Crippen LogP contribution in [0.2, 0.25) is 0 Å². The van der Waals surface area contributed by atoms with Crippen molar-refractivity contribution < 1.29 is 14.3 Å². The molecule has 0 amide bonds. The summed E-state index contributed by atoms with van der Waals surface area (Å²) < 4.78 is 11.2. The Morgan fingerprint density at radius 3 is 2.51 bits per heavy atom. The standard InChI is InChI=1S/C34H50O3/c1-23(2)10-9-11-24(3)29-16-17-30-28-15-14-25-22-27(37-32(35)36-26-12-7-6-8-13-26)18-20-33(25,4)31(28)19-21-34(29,30)5/h6-8,12-14,23-24,27-31H,9-11,15-22H2,1-5H3/t24-,27?,28?,29-,30?,31?,33+,34-/m1/s1. The molecule has 0 saturated heterocycles. The van der Waals surface area contributed by atoms with Crippen molar-refractivity contribution in [3.05, 3.63) is 42.0 Å². The molecule has 37 heavy (non-hydrogen) atoms. The Morgan fingerprint density at radius 2 is 1.76 bits per heavy atom. The molecule has 0 aliphatic heterocycles. The number of carbonyl (C=O) groups excluding carboxylic acids is 1. The normalized spacial score (nSPS) is 37.7. The monoisotopic (exact) mass is 506 g/mol. The number of ether oxygens (including phenoxy) is 2. The van der Waals surface area contributed by atoms with Gasteiger partial charge in [-0.25, -0.2) is 4.79 Å². The predicted octanol–water partition coefficient (Wildman–Crippen LogP) is 9.61. The molecule has 4 unspecified atom stereocenters. The Kier molecular flexibility index (Phi) is 7.81. The summed E-state index contributed by atoms with van der Waals surface area (Å²) in [5, 5.41) is 0. The molecule has 5 rings (SSSR count). The van der Waals surface area contributed by atoms with Crippen LogP contribution >= 0.6 is 0 Å². The quantitative estimate of drug-likeness (QED) is 0.210.